The van der Waals surface area contributed by atoms with Crippen molar-refractivity contribution in [3.8, 4) is 0 Å². The molecule has 33 heavy (non-hydrogen) atoms. The summed E-state index contributed by atoms with van der Waals surface area (Å²) in [6.45, 7) is 4.31. The van der Waals surface area contributed by atoms with E-state index in [0.29, 0.717) is 12.5 Å². The second kappa shape index (κ2) is 8.54. The number of amides is 1. The van der Waals surface area contributed by atoms with Crippen LogP contribution in [0.1, 0.15) is 29.7 Å². The van der Waals surface area contributed by atoms with Gasteiger partial charge in [-0.25, -0.2) is 4.98 Å². The molecule has 1 aliphatic rings. The topological polar surface area (TPSA) is 64.4 Å². The Morgan fingerprint density at radius 3 is 2.39 bits per heavy atom. The van der Waals surface area contributed by atoms with Crippen molar-refractivity contribution in [1.29, 1.82) is 0 Å². The zero-order chi connectivity index (χ0) is 22.9. The fourth-order valence-corrected chi connectivity index (χ4v) is 4.53. The predicted octanol–water partition coefficient (Wildman–Crippen LogP) is 4.66. The van der Waals surface area contributed by atoms with Crippen LogP contribution in [0.25, 0.3) is 11.0 Å². The van der Waals surface area contributed by atoms with E-state index in [9.17, 15) is 9.59 Å². The molecule has 3 aromatic carbocycles. The Labute approximate surface area is 192 Å². The van der Waals surface area contributed by atoms with Crippen LogP contribution in [0.4, 0.5) is 5.95 Å². The quantitative estimate of drug-likeness (QED) is 0.335. The molecular weight excluding hydrogens is 414 g/mol. The molecule has 0 N–H and O–H groups in total. The van der Waals surface area contributed by atoms with E-state index in [-0.39, 0.29) is 12.5 Å². The molecule has 4 aromatic rings. The van der Waals surface area contributed by atoms with Gasteiger partial charge in [0.25, 0.3) is 0 Å². The van der Waals surface area contributed by atoms with Crippen molar-refractivity contribution in [2.45, 2.75) is 26.4 Å². The summed E-state index contributed by atoms with van der Waals surface area (Å²) >= 11 is 0. The molecule has 0 spiro atoms. The Balaban J connectivity index is 1.73. The number of carbonyl (C=O) groups is 2. The lowest BCUT2D eigenvalue weighted by Gasteiger charge is -2.38. The first-order chi connectivity index (χ1) is 16.1. The molecular formula is C27H25N3O3. The summed E-state index contributed by atoms with van der Waals surface area (Å²) in [5.74, 6) is -1.29. The molecule has 0 fully saturated rings. The standard InChI is InChI=1S/C27H25N3O3/c1-3-33-26(32)23-24(20-9-5-4-6-10-20)30-22-12-8-7-11-21(22)28-27(30)29(25(23)31)17-19-15-13-18(2)14-16-19/h4-16,23-24H,3,17H2,1-2H3/t23-,24-/m0/s1. The molecule has 1 aromatic heterocycles. The summed E-state index contributed by atoms with van der Waals surface area (Å²) in [6, 6.07) is 24.9. The van der Waals surface area contributed by atoms with Crippen LogP contribution in [0, 0.1) is 12.8 Å². The van der Waals surface area contributed by atoms with Gasteiger partial charge in [-0.05, 0) is 37.1 Å². The maximum absolute atomic E-state index is 13.9. The smallest absolute Gasteiger partial charge is 0.321 e. The largest absolute Gasteiger partial charge is 0.465 e. The molecule has 2 atom stereocenters. The SMILES string of the molecule is CCOC(=O)[C@@H]1C(=O)N(Cc2ccc(C)cc2)c2nc3ccccc3n2[C@H]1c1ccccc1. The highest BCUT2D eigenvalue weighted by Gasteiger charge is 2.47. The number of carbonyl (C=O) groups excluding carboxylic acids is 2. The predicted molar refractivity (Wildman–Crippen MR) is 127 cm³/mol. The van der Waals surface area contributed by atoms with Crippen molar-refractivity contribution in [1.82, 2.24) is 9.55 Å². The van der Waals surface area contributed by atoms with Gasteiger partial charge in [0, 0.05) is 0 Å². The number of nitrogens with zero attached hydrogens (tertiary/aromatic N) is 3. The number of rotatable bonds is 5. The number of anilines is 1. The van der Waals surface area contributed by atoms with E-state index >= 15 is 0 Å². The van der Waals surface area contributed by atoms with Gasteiger partial charge >= 0.3 is 5.97 Å². The highest BCUT2D eigenvalue weighted by atomic mass is 16.5. The third-order valence-electron chi connectivity index (χ3n) is 6.09. The van der Waals surface area contributed by atoms with Crippen molar-refractivity contribution in [3.05, 3.63) is 95.6 Å². The van der Waals surface area contributed by atoms with Crippen LogP contribution in [0.3, 0.4) is 0 Å². The van der Waals surface area contributed by atoms with Gasteiger partial charge in [-0.2, -0.15) is 0 Å². The number of ether oxygens (including phenoxy) is 1. The molecule has 0 aliphatic carbocycles. The highest BCUT2D eigenvalue weighted by molar-refractivity contribution is 6.08. The summed E-state index contributed by atoms with van der Waals surface area (Å²) in [7, 11) is 0. The van der Waals surface area contributed by atoms with Crippen molar-refractivity contribution in [2.24, 2.45) is 5.92 Å². The third-order valence-corrected chi connectivity index (χ3v) is 6.09. The highest BCUT2D eigenvalue weighted by Crippen LogP contribution is 2.41. The first-order valence-electron chi connectivity index (χ1n) is 11.1. The molecule has 0 radical (unpaired) electrons. The van der Waals surface area contributed by atoms with Crippen LogP contribution < -0.4 is 4.90 Å². The van der Waals surface area contributed by atoms with Gasteiger partial charge in [0.2, 0.25) is 11.9 Å². The normalized spacial score (nSPS) is 17.8. The molecule has 1 aliphatic heterocycles. The van der Waals surface area contributed by atoms with E-state index in [4.69, 9.17) is 9.72 Å². The first kappa shape index (κ1) is 20.9. The van der Waals surface area contributed by atoms with Crippen molar-refractivity contribution in [2.75, 3.05) is 11.5 Å². The van der Waals surface area contributed by atoms with Crippen LogP contribution in [0.5, 0.6) is 0 Å². The number of fused-ring (bicyclic) bond motifs is 3. The van der Waals surface area contributed by atoms with Gasteiger partial charge < -0.3 is 9.30 Å². The van der Waals surface area contributed by atoms with E-state index in [1.165, 1.54) is 0 Å². The Hall–Kier alpha value is -3.93. The van der Waals surface area contributed by atoms with Gasteiger partial charge in [0.15, 0.2) is 5.92 Å². The van der Waals surface area contributed by atoms with Crippen LogP contribution in [-0.4, -0.2) is 28.0 Å². The van der Waals surface area contributed by atoms with Gasteiger partial charge in [-0.15, -0.1) is 0 Å². The van der Waals surface area contributed by atoms with E-state index < -0.39 is 17.9 Å². The molecule has 6 nitrogen and oxygen atoms in total. The number of imidazole rings is 1. The summed E-state index contributed by atoms with van der Waals surface area (Å²) in [5, 5.41) is 0. The second-order valence-electron chi connectivity index (χ2n) is 8.27. The lowest BCUT2D eigenvalue weighted by atomic mass is 9.89. The zero-order valence-electron chi connectivity index (χ0n) is 18.6. The monoisotopic (exact) mass is 439 g/mol. The number of benzene rings is 3. The molecule has 2 heterocycles. The average molecular weight is 440 g/mol. The number of hydrogen-bond acceptors (Lipinski definition) is 4. The molecule has 0 saturated heterocycles. The summed E-state index contributed by atoms with van der Waals surface area (Å²) in [6.07, 6.45) is 0. The number of aryl methyl sites for hydroxylation is 1. The minimum absolute atomic E-state index is 0.208. The Kier molecular flexibility index (Phi) is 5.42. The fourth-order valence-electron chi connectivity index (χ4n) is 4.53. The number of para-hydroxylation sites is 2. The van der Waals surface area contributed by atoms with Crippen molar-refractivity contribution < 1.29 is 14.3 Å². The first-order valence-corrected chi connectivity index (χ1v) is 11.1. The minimum Gasteiger partial charge on any atom is -0.465 e. The van der Waals surface area contributed by atoms with E-state index in [1.54, 1.807) is 11.8 Å². The van der Waals surface area contributed by atoms with E-state index in [2.05, 4.69) is 0 Å². The molecule has 1 amide bonds. The Bertz CT molecular complexity index is 1310. The Morgan fingerprint density at radius 1 is 0.970 bits per heavy atom. The van der Waals surface area contributed by atoms with Crippen LogP contribution in [-0.2, 0) is 20.9 Å². The van der Waals surface area contributed by atoms with E-state index in [1.807, 2.05) is 90.4 Å². The molecule has 0 bridgehead atoms. The maximum atomic E-state index is 13.9. The molecule has 5 rings (SSSR count). The maximum Gasteiger partial charge on any atom is 0.321 e. The minimum atomic E-state index is -1.01. The Morgan fingerprint density at radius 2 is 1.67 bits per heavy atom. The van der Waals surface area contributed by atoms with Crippen LogP contribution in [0.2, 0.25) is 0 Å². The molecule has 0 saturated carbocycles. The fraction of sp³-hybridized carbons (Fsp3) is 0.222. The number of aromatic nitrogens is 2. The van der Waals surface area contributed by atoms with Gasteiger partial charge in [0.1, 0.15) is 0 Å². The van der Waals surface area contributed by atoms with Crippen molar-refractivity contribution >= 4 is 28.9 Å². The molecule has 0 unspecified atom stereocenters. The zero-order valence-corrected chi connectivity index (χ0v) is 18.6. The van der Waals surface area contributed by atoms with Crippen molar-refractivity contribution in [3.63, 3.8) is 0 Å². The second-order valence-corrected chi connectivity index (χ2v) is 8.27. The molecule has 6 heteroatoms. The third kappa shape index (κ3) is 3.67. The van der Waals surface area contributed by atoms with Gasteiger partial charge in [-0.1, -0.05) is 72.3 Å². The average Bonchev–Trinajstić information content (AvgIpc) is 3.21. The molecule has 166 valence electrons. The van der Waals surface area contributed by atoms with Crippen LogP contribution in [0.15, 0.2) is 78.9 Å². The summed E-state index contributed by atoms with van der Waals surface area (Å²) < 4.78 is 7.42. The lowest BCUT2D eigenvalue weighted by Crippen LogP contribution is -2.49. The summed E-state index contributed by atoms with van der Waals surface area (Å²) in [5.41, 5.74) is 4.62. The van der Waals surface area contributed by atoms with Crippen LogP contribution >= 0.6 is 0 Å². The number of hydrogen-bond donors (Lipinski definition) is 0. The lowest BCUT2D eigenvalue weighted by molar-refractivity contribution is -0.153. The van der Waals surface area contributed by atoms with E-state index in [0.717, 1.165) is 27.7 Å². The van der Waals surface area contributed by atoms with Gasteiger partial charge in [-0.3, -0.25) is 14.5 Å². The summed E-state index contributed by atoms with van der Waals surface area (Å²) in [4.78, 5) is 33.6. The van der Waals surface area contributed by atoms with Gasteiger partial charge in [0.05, 0.1) is 30.2 Å². The number of esters is 1.